The van der Waals surface area contributed by atoms with Gasteiger partial charge >= 0.3 is 0 Å². The van der Waals surface area contributed by atoms with Crippen molar-refractivity contribution in [3.8, 4) is 11.4 Å². The van der Waals surface area contributed by atoms with Gasteiger partial charge in [0.2, 0.25) is 5.91 Å². The highest BCUT2D eigenvalue weighted by molar-refractivity contribution is 7.99. The van der Waals surface area contributed by atoms with Crippen molar-refractivity contribution in [1.29, 1.82) is 0 Å². The first-order chi connectivity index (χ1) is 13.2. The number of amides is 1. The zero-order valence-electron chi connectivity index (χ0n) is 14.8. The van der Waals surface area contributed by atoms with E-state index >= 15 is 0 Å². The van der Waals surface area contributed by atoms with Gasteiger partial charge in [-0.25, -0.2) is 0 Å². The van der Waals surface area contributed by atoms with E-state index in [1.807, 2.05) is 22.8 Å². The molecule has 1 aliphatic rings. The molecule has 0 bridgehead atoms. The van der Waals surface area contributed by atoms with Crippen LogP contribution in [0.4, 0.5) is 5.69 Å². The van der Waals surface area contributed by atoms with Crippen molar-refractivity contribution < 1.29 is 9.21 Å². The standard InChI is InChI=1S/C20H20N4O2S/c1-2-10-24-19(16-9-11-26-12-16)22-23-20(24)27-13-18(25)21-17-7-5-15(6-8-17)14-3-4-14/h2,5-9,11-12,14H,1,3-4,10,13H2,(H,21,25). The number of carbonyl (C=O) groups excluding carboxylic acids is 1. The Morgan fingerprint density at radius 1 is 1.30 bits per heavy atom. The lowest BCUT2D eigenvalue weighted by molar-refractivity contribution is -0.113. The highest BCUT2D eigenvalue weighted by Crippen LogP contribution is 2.40. The Morgan fingerprint density at radius 2 is 2.11 bits per heavy atom. The van der Waals surface area contributed by atoms with Gasteiger partial charge in [0.25, 0.3) is 0 Å². The van der Waals surface area contributed by atoms with Gasteiger partial charge < -0.3 is 9.73 Å². The van der Waals surface area contributed by atoms with E-state index < -0.39 is 0 Å². The molecule has 3 aromatic rings. The fourth-order valence-electron chi connectivity index (χ4n) is 2.88. The van der Waals surface area contributed by atoms with Crippen LogP contribution >= 0.6 is 11.8 Å². The Hall–Kier alpha value is -2.80. The van der Waals surface area contributed by atoms with E-state index in [1.165, 1.54) is 30.2 Å². The van der Waals surface area contributed by atoms with Crippen LogP contribution in [0.2, 0.25) is 0 Å². The predicted octanol–water partition coefficient (Wildman–Crippen LogP) is 4.33. The molecule has 0 saturated heterocycles. The Morgan fingerprint density at radius 3 is 2.78 bits per heavy atom. The fourth-order valence-corrected chi connectivity index (χ4v) is 3.62. The number of hydrogen-bond donors (Lipinski definition) is 1. The lowest BCUT2D eigenvalue weighted by Gasteiger charge is -2.08. The lowest BCUT2D eigenvalue weighted by atomic mass is 10.1. The highest BCUT2D eigenvalue weighted by atomic mass is 32.2. The molecule has 0 unspecified atom stereocenters. The Kier molecular flexibility index (Phi) is 5.11. The van der Waals surface area contributed by atoms with E-state index in [0.717, 1.165) is 11.3 Å². The maximum Gasteiger partial charge on any atom is 0.234 e. The van der Waals surface area contributed by atoms with Crippen LogP contribution in [0.1, 0.15) is 24.3 Å². The van der Waals surface area contributed by atoms with Crippen molar-refractivity contribution in [2.45, 2.75) is 30.5 Å². The molecule has 1 aromatic carbocycles. The van der Waals surface area contributed by atoms with Gasteiger partial charge in [-0.05, 0) is 42.5 Å². The van der Waals surface area contributed by atoms with Crippen molar-refractivity contribution in [3.05, 3.63) is 61.1 Å². The number of allylic oxidation sites excluding steroid dienone is 1. The SMILES string of the molecule is C=CCn1c(SCC(=O)Nc2ccc(C3CC3)cc2)nnc1-c1ccoc1. The molecule has 0 spiro atoms. The van der Waals surface area contributed by atoms with Crippen LogP contribution in [0.15, 0.2) is 65.1 Å². The minimum absolute atomic E-state index is 0.0720. The van der Waals surface area contributed by atoms with Gasteiger partial charge in [-0.2, -0.15) is 0 Å². The van der Waals surface area contributed by atoms with Gasteiger partial charge in [-0.1, -0.05) is 30.0 Å². The molecule has 1 N–H and O–H groups in total. The molecule has 0 atom stereocenters. The number of nitrogens with one attached hydrogen (secondary N) is 1. The maximum atomic E-state index is 12.3. The molecule has 1 fully saturated rings. The average molecular weight is 380 g/mol. The minimum Gasteiger partial charge on any atom is -0.472 e. The molecule has 6 nitrogen and oxygen atoms in total. The van der Waals surface area contributed by atoms with Gasteiger partial charge in [0.1, 0.15) is 6.26 Å². The molecule has 27 heavy (non-hydrogen) atoms. The van der Waals surface area contributed by atoms with Crippen molar-refractivity contribution in [2.24, 2.45) is 0 Å². The van der Waals surface area contributed by atoms with Gasteiger partial charge in [0, 0.05) is 12.2 Å². The van der Waals surface area contributed by atoms with Crippen molar-refractivity contribution in [1.82, 2.24) is 14.8 Å². The van der Waals surface area contributed by atoms with Crippen LogP contribution in [0, 0.1) is 0 Å². The third-order valence-electron chi connectivity index (χ3n) is 4.38. The van der Waals surface area contributed by atoms with Gasteiger partial charge in [-0.15, -0.1) is 16.8 Å². The van der Waals surface area contributed by atoms with E-state index in [1.54, 1.807) is 18.6 Å². The van der Waals surface area contributed by atoms with Gasteiger partial charge in [0.15, 0.2) is 11.0 Å². The van der Waals surface area contributed by atoms with Crippen LogP contribution in [0.5, 0.6) is 0 Å². The molecular weight excluding hydrogens is 360 g/mol. The summed E-state index contributed by atoms with van der Waals surface area (Å²) >= 11 is 1.35. The second kappa shape index (κ2) is 7.84. The van der Waals surface area contributed by atoms with E-state index in [-0.39, 0.29) is 11.7 Å². The summed E-state index contributed by atoms with van der Waals surface area (Å²) in [5.41, 5.74) is 3.01. The number of anilines is 1. The molecule has 0 aliphatic heterocycles. The number of benzene rings is 1. The number of hydrogen-bond acceptors (Lipinski definition) is 5. The molecule has 2 aromatic heterocycles. The van der Waals surface area contributed by atoms with Crippen LogP contribution in [0.3, 0.4) is 0 Å². The molecular formula is C20H20N4O2S. The van der Waals surface area contributed by atoms with E-state index in [4.69, 9.17) is 4.42 Å². The zero-order valence-corrected chi connectivity index (χ0v) is 15.6. The van der Waals surface area contributed by atoms with Crippen LogP contribution in [0.25, 0.3) is 11.4 Å². The van der Waals surface area contributed by atoms with Crippen LogP contribution in [-0.4, -0.2) is 26.4 Å². The number of aromatic nitrogens is 3. The van der Waals surface area contributed by atoms with Gasteiger partial charge in [0.05, 0.1) is 17.6 Å². The quantitative estimate of drug-likeness (QED) is 0.465. The van der Waals surface area contributed by atoms with Crippen LogP contribution < -0.4 is 5.32 Å². The summed E-state index contributed by atoms with van der Waals surface area (Å²) in [6, 6.07) is 9.95. The number of nitrogens with zero attached hydrogens (tertiary/aromatic N) is 3. The molecule has 7 heteroatoms. The van der Waals surface area contributed by atoms with Crippen molar-refractivity contribution in [2.75, 3.05) is 11.1 Å². The largest absolute Gasteiger partial charge is 0.472 e. The summed E-state index contributed by atoms with van der Waals surface area (Å²) in [5.74, 6) is 1.59. The first kappa shape index (κ1) is 17.6. The molecule has 1 saturated carbocycles. The number of thioether (sulfide) groups is 1. The molecule has 2 heterocycles. The topological polar surface area (TPSA) is 73.0 Å². The van der Waals surface area contributed by atoms with E-state index in [0.29, 0.717) is 23.4 Å². The van der Waals surface area contributed by atoms with Crippen molar-refractivity contribution in [3.63, 3.8) is 0 Å². The normalized spacial score (nSPS) is 13.5. The van der Waals surface area contributed by atoms with E-state index in [2.05, 4.69) is 34.2 Å². The Balaban J connectivity index is 1.39. The summed E-state index contributed by atoms with van der Waals surface area (Å²) in [5, 5.41) is 12.0. The average Bonchev–Trinajstić information content (AvgIpc) is 3.23. The maximum absolute atomic E-state index is 12.3. The second-order valence-corrected chi connectivity index (χ2v) is 7.39. The first-order valence-electron chi connectivity index (χ1n) is 8.84. The van der Waals surface area contributed by atoms with Crippen molar-refractivity contribution >= 4 is 23.4 Å². The molecule has 0 radical (unpaired) electrons. The number of furan rings is 1. The third-order valence-corrected chi connectivity index (χ3v) is 5.35. The lowest BCUT2D eigenvalue weighted by Crippen LogP contribution is -2.14. The summed E-state index contributed by atoms with van der Waals surface area (Å²) in [7, 11) is 0. The molecule has 138 valence electrons. The van der Waals surface area contributed by atoms with E-state index in [9.17, 15) is 4.79 Å². The van der Waals surface area contributed by atoms with Gasteiger partial charge in [-0.3, -0.25) is 9.36 Å². The minimum atomic E-state index is -0.0720. The van der Waals surface area contributed by atoms with Crippen LogP contribution in [-0.2, 0) is 11.3 Å². The fraction of sp³-hybridized carbons (Fsp3) is 0.250. The molecule has 4 rings (SSSR count). The highest BCUT2D eigenvalue weighted by Gasteiger charge is 2.23. The molecule has 1 amide bonds. The number of carbonyl (C=O) groups is 1. The monoisotopic (exact) mass is 380 g/mol. The third kappa shape index (κ3) is 4.14. The Bertz CT molecular complexity index is 928. The predicted molar refractivity (Wildman–Crippen MR) is 106 cm³/mol. The Labute approximate surface area is 161 Å². The first-order valence-corrected chi connectivity index (χ1v) is 9.82. The summed E-state index contributed by atoms with van der Waals surface area (Å²) < 4.78 is 7.04. The number of rotatable bonds is 8. The molecule has 1 aliphatic carbocycles. The summed E-state index contributed by atoms with van der Waals surface area (Å²) in [6.07, 6.45) is 7.54. The summed E-state index contributed by atoms with van der Waals surface area (Å²) in [6.45, 7) is 4.34. The zero-order chi connectivity index (χ0) is 18.6. The second-order valence-electron chi connectivity index (χ2n) is 6.45. The summed E-state index contributed by atoms with van der Waals surface area (Å²) in [4.78, 5) is 12.3. The smallest absolute Gasteiger partial charge is 0.234 e.